The van der Waals surface area contributed by atoms with Crippen LogP contribution in [0.4, 0.5) is 0 Å². The fraction of sp³-hybridized carbons (Fsp3) is 0.500. The van der Waals surface area contributed by atoms with Gasteiger partial charge in [-0.1, -0.05) is 6.07 Å². The zero-order valence-electron chi connectivity index (χ0n) is 8.19. The van der Waals surface area contributed by atoms with E-state index < -0.39 is 0 Å². The molecule has 14 heavy (non-hydrogen) atoms. The zero-order valence-corrected chi connectivity index (χ0v) is 9.83. The SMILES string of the molecule is Cc1ccc(S[C@@H]2CCNC2)nc1.Cl. The van der Waals surface area contributed by atoms with Gasteiger partial charge in [-0.2, -0.15) is 0 Å². The molecule has 1 atom stereocenters. The maximum atomic E-state index is 4.38. The van der Waals surface area contributed by atoms with E-state index in [9.17, 15) is 0 Å². The van der Waals surface area contributed by atoms with Crippen molar-refractivity contribution < 1.29 is 0 Å². The summed E-state index contributed by atoms with van der Waals surface area (Å²) in [5, 5.41) is 5.23. The van der Waals surface area contributed by atoms with Crippen LogP contribution in [0.25, 0.3) is 0 Å². The van der Waals surface area contributed by atoms with Crippen molar-refractivity contribution in [2.75, 3.05) is 13.1 Å². The van der Waals surface area contributed by atoms with Gasteiger partial charge in [-0.15, -0.1) is 24.2 Å². The smallest absolute Gasteiger partial charge is 0.0963 e. The van der Waals surface area contributed by atoms with Gasteiger partial charge in [0.25, 0.3) is 0 Å². The number of nitrogens with one attached hydrogen (secondary N) is 1. The molecule has 0 radical (unpaired) electrons. The van der Waals surface area contributed by atoms with E-state index in [4.69, 9.17) is 0 Å². The number of thioether (sulfide) groups is 1. The van der Waals surface area contributed by atoms with E-state index in [1.165, 1.54) is 12.0 Å². The third kappa shape index (κ3) is 3.15. The molecule has 0 amide bonds. The summed E-state index contributed by atoms with van der Waals surface area (Å²) in [7, 11) is 0. The summed E-state index contributed by atoms with van der Waals surface area (Å²) in [5.41, 5.74) is 1.23. The predicted molar refractivity (Wildman–Crippen MR) is 63.4 cm³/mol. The Labute approximate surface area is 95.3 Å². The summed E-state index contributed by atoms with van der Waals surface area (Å²) in [4.78, 5) is 4.38. The minimum atomic E-state index is 0. The van der Waals surface area contributed by atoms with E-state index in [1.807, 2.05) is 18.0 Å². The second kappa shape index (κ2) is 5.59. The molecule has 1 aliphatic rings. The van der Waals surface area contributed by atoms with Crippen molar-refractivity contribution in [1.82, 2.24) is 10.3 Å². The lowest BCUT2D eigenvalue weighted by molar-refractivity contribution is 0.858. The minimum Gasteiger partial charge on any atom is -0.316 e. The van der Waals surface area contributed by atoms with Crippen molar-refractivity contribution in [3.05, 3.63) is 23.9 Å². The molecule has 0 unspecified atom stereocenters. The monoisotopic (exact) mass is 230 g/mol. The molecule has 4 heteroatoms. The van der Waals surface area contributed by atoms with Gasteiger partial charge in [0.1, 0.15) is 0 Å². The highest BCUT2D eigenvalue weighted by Gasteiger charge is 2.15. The molecule has 1 saturated heterocycles. The largest absolute Gasteiger partial charge is 0.316 e. The van der Waals surface area contributed by atoms with Gasteiger partial charge < -0.3 is 5.32 Å². The highest BCUT2D eigenvalue weighted by Crippen LogP contribution is 2.24. The molecule has 0 aromatic carbocycles. The molecule has 0 saturated carbocycles. The maximum Gasteiger partial charge on any atom is 0.0963 e. The van der Waals surface area contributed by atoms with Crippen LogP contribution in [-0.4, -0.2) is 23.3 Å². The lowest BCUT2D eigenvalue weighted by Gasteiger charge is -2.06. The van der Waals surface area contributed by atoms with Crippen LogP contribution in [-0.2, 0) is 0 Å². The van der Waals surface area contributed by atoms with Crippen molar-refractivity contribution in [1.29, 1.82) is 0 Å². The van der Waals surface area contributed by atoms with Crippen molar-refractivity contribution in [2.24, 2.45) is 0 Å². The number of pyridine rings is 1. The molecule has 2 nitrogen and oxygen atoms in total. The predicted octanol–water partition coefficient (Wildman–Crippen LogP) is 2.27. The van der Waals surface area contributed by atoms with Crippen LogP contribution in [0.3, 0.4) is 0 Å². The third-order valence-electron chi connectivity index (χ3n) is 2.19. The van der Waals surface area contributed by atoms with Gasteiger partial charge in [-0.3, -0.25) is 0 Å². The van der Waals surface area contributed by atoms with Gasteiger partial charge in [0, 0.05) is 18.0 Å². The van der Waals surface area contributed by atoms with Gasteiger partial charge >= 0.3 is 0 Å². The number of hydrogen-bond donors (Lipinski definition) is 1. The number of aryl methyl sites for hydroxylation is 1. The summed E-state index contributed by atoms with van der Waals surface area (Å²) < 4.78 is 0. The Balaban J connectivity index is 0.000000980. The Bertz CT molecular complexity index is 270. The Morgan fingerprint density at radius 3 is 2.93 bits per heavy atom. The molecule has 1 aliphatic heterocycles. The first-order chi connectivity index (χ1) is 6.34. The van der Waals surface area contributed by atoms with E-state index in [-0.39, 0.29) is 12.4 Å². The fourth-order valence-electron chi connectivity index (χ4n) is 1.42. The second-order valence-electron chi connectivity index (χ2n) is 3.41. The molecule has 0 aliphatic carbocycles. The maximum absolute atomic E-state index is 4.38. The lowest BCUT2D eigenvalue weighted by Crippen LogP contribution is -2.10. The number of rotatable bonds is 2. The van der Waals surface area contributed by atoms with E-state index in [0.29, 0.717) is 0 Å². The van der Waals surface area contributed by atoms with Crippen molar-refractivity contribution >= 4 is 24.2 Å². The summed E-state index contributed by atoms with van der Waals surface area (Å²) in [6.07, 6.45) is 3.20. The van der Waals surface area contributed by atoms with E-state index in [0.717, 1.165) is 23.4 Å². The van der Waals surface area contributed by atoms with Crippen LogP contribution in [0, 0.1) is 6.92 Å². The van der Waals surface area contributed by atoms with Gasteiger partial charge in [-0.05, 0) is 31.5 Å². The topological polar surface area (TPSA) is 24.9 Å². The molecule has 0 bridgehead atoms. The molecule has 1 aromatic heterocycles. The van der Waals surface area contributed by atoms with Crippen LogP contribution < -0.4 is 5.32 Å². The third-order valence-corrected chi connectivity index (χ3v) is 3.41. The Hall–Kier alpha value is -0.250. The quantitative estimate of drug-likeness (QED) is 0.844. The Kier molecular flexibility index (Phi) is 4.72. The summed E-state index contributed by atoms with van der Waals surface area (Å²) in [5.74, 6) is 0. The molecule has 1 N–H and O–H groups in total. The van der Waals surface area contributed by atoms with E-state index in [1.54, 1.807) is 0 Å². The van der Waals surface area contributed by atoms with Crippen molar-refractivity contribution in [3.8, 4) is 0 Å². The molecule has 2 heterocycles. The fourth-order valence-corrected chi connectivity index (χ4v) is 2.46. The molecule has 78 valence electrons. The first kappa shape index (κ1) is 11.8. The van der Waals surface area contributed by atoms with Crippen molar-refractivity contribution in [2.45, 2.75) is 23.6 Å². The molecule has 1 aromatic rings. The molecular formula is C10H15ClN2S. The first-order valence-electron chi connectivity index (χ1n) is 4.64. The number of nitrogens with zero attached hydrogens (tertiary/aromatic N) is 1. The average molecular weight is 231 g/mol. The highest BCUT2D eigenvalue weighted by atomic mass is 35.5. The second-order valence-corrected chi connectivity index (χ2v) is 4.73. The molecular weight excluding hydrogens is 216 g/mol. The first-order valence-corrected chi connectivity index (χ1v) is 5.52. The summed E-state index contributed by atoms with van der Waals surface area (Å²) in [6, 6.07) is 4.23. The van der Waals surface area contributed by atoms with Gasteiger partial charge in [0.2, 0.25) is 0 Å². The molecule has 2 rings (SSSR count). The Morgan fingerprint density at radius 1 is 1.50 bits per heavy atom. The van der Waals surface area contributed by atoms with Crippen LogP contribution >= 0.6 is 24.2 Å². The zero-order chi connectivity index (χ0) is 9.10. The molecule has 0 spiro atoms. The van der Waals surface area contributed by atoms with Crippen LogP contribution in [0.2, 0.25) is 0 Å². The van der Waals surface area contributed by atoms with Crippen LogP contribution in [0.5, 0.6) is 0 Å². The van der Waals surface area contributed by atoms with E-state index in [2.05, 4.69) is 29.4 Å². The standard InChI is InChI=1S/C10H14N2S.ClH/c1-8-2-3-10(12-6-8)13-9-4-5-11-7-9;/h2-3,6,9,11H,4-5,7H2,1H3;1H/t9-;/m1./s1. The van der Waals surface area contributed by atoms with Crippen LogP contribution in [0.1, 0.15) is 12.0 Å². The van der Waals surface area contributed by atoms with Gasteiger partial charge in [-0.25, -0.2) is 4.98 Å². The van der Waals surface area contributed by atoms with Gasteiger partial charge in [0.05, 0.1) is 5.03 Å². The van der Waals surface area contributed by atoms with Gasteiger partial charge in [0.15, 0.2) is 0 Å². The normalized spacial score (nSPS) is 20.5. The number of halogens is 1. The molecule has 1 fully saturated rings. The Morgan fingerprint density at radius 2 is 2.36 bits per heavy atom. The lowest BCUT2D eigenvalue weighted by atomic mass is 10.3. The van der Waals surface area contributed by atoms with Crippen LogP contribution in [0.15, 0.2) is 23.4 Å². The number of aromatic nitrogens is 1. The summed E-state index contributed by atoms with van der Waals surface area (Å²) >= 11 is 1.89. The summed E-state index contributed by atoms with van der Waals surface area (Å²) in [6.45, 7) is 4.35. The minimum absolute atomic E-state index is 0. The van der Waals surface area contributed by atoms with E-state index >= 15 is 0 Å². The number of hydrogen-bond acceptors (Lipinski definition) is 3. The average Bonchev–Trinajstić information content (AvgIpc) is 2.62. The highest BCUT2D eigenvalue weighted by molar-refractivity contribution is 7.99. The van der Waals surface area contributed by atoms with Crippen molar-refractivity contribution in [3.63, 3.8) is 0 Å².